The lowest BCUT2D eigenvalue weighted by molar-refractivity contribution is 0.415. The Bertz CT molecular complexity index is 1320. The van der Waals surface area contributed by atoms with E-state index in [0.717, 1.165) is 34.9 Å². The molecule has 2 heterocycles. The number of sulfonamides is 1. The molecule has 0 unspecified atom stereocenters. The fraction of sp³-hybridized carbons (Fsp3) is 0.182. The first kappa shape index (κ1) is 20.7. The number of anilines is 2. The standard InChI is InChI=1S/C22H23N5O3S/c1-30-18-6-7-20-19(13-18)16(14-25-20)8-10-23-21-9-11-24-22(26-21)15-4-3-5-17(12-15)27-31(2,28)29/h3-7,9,11-14,25,27H,8,10H2,1-2H3,(H,23,24,26). The fourth-order valence-electron chi connectivity index (χ4n) is 3.35. The molecule has 0 aliphatic carbocycles. The topological polar surface area (TPSA) is 109 Å². The molecule has 8 nitrogen and oxygen atoms in total. The van der Waals surface area contributed by atoms with E-state index in [0.29, 0.717) is 23.9 Å². The molecule has 0 saturated carbocycles. The predicted octanol–water partition coefficient (Wildman–Crippen LogP) is 3.66. The van der Waals surface area contributed by atoms with Crippen LogP contribution in [0.2, 0.25) is 0 Å². The summed E-state index contributed by atoms with van der Waals surface area (Å²) in [6, 6.07) is 14.8. The first-order valence-electron chi connectivity index (χ1n) is 9.70. The molecule has 0 bridgehead atoms. The lowest BCUT2D eigenvalue weighted by atomic mass is 10.1. The molecule has 9 heteroatoms. The zero-order valence-electron chi connectivity index (χ0n) is 17.2. The Labute approximate surface area is 180 Å². The largest absolute Gasteiger partial charge is 0.497 e. The summed E-state index contributed by atoms with van der Waals surface area (Å²) < 4.78 is 30.7. The van der Waals surface area contributed by atoms with Crippen LogP contribution in [0.3, 0.4) is 0 Å². The van der Waals surface area contributed by atoms with Crippen LogP contribution in [0.5, 0.6) is 5.75 Å². The molecule has 0 fully saturated rings. The highest BCUT2D eigenvalue weighted by molar-refractivity contribution is 7.92. The summed E-state index contributed by atoms with van der Waals surface area (Å²) in [6.07, 6.45) is 5.61. The van der Waals surface area contributed by atoms with E-state index in [1.54, 1.807) is 37.6 Å². The van der Waals surface area contributed by atoms with E-state index in [-0.39, 0.29) is 0 Å². The van der Waals surface area contributed by atoms with Gasteiger partial charge in [0.05, 0.1) is 13.4 Å². The van der Waals surface area contributed by atoms with Gasteiger partial charge in [-0.05, 0) is 48.4 Å². The molecule has 4 aromatic rings. The van der Waals surface area contributed by atoms with Crippen LogP contribution in [0.4, 0.5) is 11.5 Å². The van der Waals surface area contributed by atoms with Crippen molar-refractivity contribution in [2.75, 3.05) is 29.9 Å². The molecule has 0 aliphatic heterocycles. The summed E-state index contributed by atoms with van der Waals surface area (Å²) in [5.74, 6) is 2.04. The average Bonchev–Trinajstić information content (AvgIpc) is 3.15. The molecule has 3 N–H and O–H groups in total. The number of hydrogen-bond donors (Lipinski definition) is 3. The van der Waals surface area contributed by atoms with Gasteiger partial charge in [-0.15, -0.1) is 0 Å². The van der Waals surface area contributed by atoms with Crippen molar-refractivity contribution >= 4 is 32.4 Å². The lowest BCUT2D eigenvalue weighted by Gasteiger charge is -2.09. The van der Waals surface area contributed by atoms with E-state index in [1.165, 1.54) is 5.56 Å². The van der Waals surface area contributed by atoms with E-state index in [9.17, 15) is 8.42 Å². The number of aromatic amines is 1. The van der Waals surface area contributed by atoms with Crippen molar-refractivity contribution in [1.82, 2.24) is 15.0 Å². The number of rotatable bonds is 8. The maximum atomic E-state index is 11.5. The van der Waals surface area contributed by atoms with Gasteiger partial charge in [-0.3, -0.25) is 4.72 Å². The zero-order valence-corrected chi connectivity index (χ0v) is 18.0. The molecule has 0 spiro atoms. The number of aromatic nitrogens is 3. The second-order valence-electron chi connectivity index (χ2n) is 7.12. The minimum Gasteiger partial charge on any atom is -0.497 e. The van der Waals surface area contributed by atoms with Crippen LogP contribution in [0.25, 0.3) is 22.3 Å². The minimum absolute atomic E-state index is 0.469. The van der Waals surface area contributed by atoms with E-state index >= 15 is 0 Å². The highest BCUT2D eigenvalue weighted by Crippen LogP contribution is 2.24. The van der Waals surface area contributed by atoms with E-state index in [1.807, 2.05) is 30.5 Å². The second kappa shape index (κ2) is 8.65. The van der Waals surface area contributed by atoms with Gasteiger partial charge >= 0.3 is 0 Å². The van der Waals surface area contributed by atoms with Gasteiger partial charge in [0, 0.05) is 41.1 Å². The summed E-state index contributed by atoms with van der Waals surface area (Å²) in [5, 5.41) is 4.47. The van der Waals surface area contributed by atoms with Crippen LogP contribution >= 0.6 is 0 Å². The Kier molecular flexibility index (Phi) is 5.77. The molecule has 160 valence electrons. The maximum absolute atomic E-state index is 11.5. The molecule has 2 aromatic heterocycles. The molecular weight excluding hydrogens is 414 g/mol. The Hall–Kier alpha value is -3.59. The smallest absolute Gasteiger partial charge is 0.229 e. The molecule has 0 aliphatic rings. The molecule has 0 saturated heterocycles. The third-order valence-electron chi connectivity index (χ3n) is 4.75. The third-order valence-corrected chi connectivity index (χ3v) is 5.36. The summed E-state index contributed by atoms with van der Waals surface area (Å²) >= 11 is 0. The minimum atomic E-state index is -3.35. The summed E-state index contributed by atoms with van der Waals surface area (Å²) in [4.78, 5) is 12.2. The highest BCUT2D eigenvalue weighted by Gasteiger charge is 2.08. The van der Waals surface area contributed by atoms with Gasteiger partial charge in [-0.2, -0.15) is 0 Å². The van der Waals surface area contributed by atoms with E-state index in [2.05, 4.69) is 25.0 Å². The SMILES string of the molecule is COc1ccc2[nH]cc(CCNc3ccnc(-c4cccc(NS(C)(=O)=O)c4)n3)c2c1. The summed E-state index contributed by atoms with van der Waals surface area (Å²) in [5.41, 5.74) is 3.45. The van der Waals surface area contributed by atoms with Gasteiger partial charge in [0.1, 0.15) is 11.6 Å². The molecule has 0 radical (unpaired) electrons. The predicted molar refractivity (Wildman–Crippen MR) is 123 cm³/mol. The van der Waals surface area contributed by atoms with Crippen LogP contribution < -0.4 is 14.8 Å². The first-order chi connectivity index (χ1) is 14.9. The Morgan fingerprint density at radius 2 is 2.00 bits per heavy atom. The maximum Gasteiger partial charge on any atom is 0.229 e. The molecule has 4 rings (SSSR count). The molecule has 2 aromatic carbocycles. The number of nitrogens with one attached hydrogen (secondary N) is 3. The normalized spacial score (nSPS) is 11.4. The number of ether oxygens (including phenoxy) is 1. The second-order valence-corrected chi connectivity index (χ2v) is 8.87. The summed E-state index contributed by atoms with van der Waals surface area (Å²) in [6.45, 7) is 0.691. The van der Waals surface area contributed by atoms with Gasteiger partial charge in [-0.25, -0.2) is 18.4 Å². The Balaban J connectivity index is 1.46. The average molecular weight is 438 g/mol. The number of methoxy groups -OCH3 is 1. The first-order valence-corrected chi connectivity index (χ1v) is 11.6. The van der Waals surface area contributed by atoms with Crippen molar-refractivity contribution < 1.29 is 13.2 Å². The van der Waals surface area contributed by atoms with Gasteiger partial charge in [0.25, 0.3) is 0 Å². The van der Waals surface area contributed by atoms with E-state index in [4.69, 9.17) is 4.74 Å². The van der Waals surface area contributed by atoms with Crippen molar-refractivity contribution in [2.45, 2.75) is 6.42 Å². The van der Waals surface area contributed by atoms with Crippen molar-refractivity contribution in [3.05, 3.63) is 66.5 Å². The van der Waals surface area contributed by atoms with Crippen LogP contribution in [-0.2, 0) is 16.4 Å². The van der Waals surface area contributed by atoms with Gasteiger partial charge < -0.3 is 15.0 Å². The summed E-state index contributed by atoms with van der Waals surface area (Å²) in [7, 11) is -1.69. The molecule has 31 heavy (non-hydrogen) atoms. The van der Waals surface area contributed by atoms with Gasteiger partial charge in [0.2, 0.25) is 10.0 Å². The van der Waals surface area contributed by atoms with E-state index < -0.39 is 10.0 Å². The van der Waals surface area contributed by atoms with Crippen LogP contribution in [0.15, 0.2) is 60.9 Å². The Morgan fingerprint density at radius 1 is 1.13 bits per heavy atom. The Morgan fingerprint density at radius 3 is 2.81 bits per heavy atom. The number of nitrogens with zero attached hydrogens (tertiary/aromatic N) is 2. The van der Waals surface area contributed by atoms with Crippen molar-refractivity contribution in [3.8, 4) is 17.1 Å². The van der Waals surface area contributed by atoms with Crippen LogP contribution in [0, 0.1) is 0 Å². The monoisotopic (exact) mass is 437 g/mol. The number of hydrogen-bond acceptors (Lipinski definition) is 6. The number of benzene rings is 2. The molecular formula is C22H23N5O3S. The van der Waals surface area contributed by atoms with Crippen molar-refractivity contribution in [2.24, 2.45) is 0 Å². The van der Waals surface area contributed by atoms with Gasteiger partial charge in [-0.1, -0.05) is 12.1 Å². The number of fused-ring (bicyclic) bond motifs is 1. The van der Waals surface area contributed by atoms with Gasteiger partial charge in [0.15, 0.2) is 5.82 Å². The van der Waals surface area contributed by atoms with Crippen LogP contribution in [0.1, 0.15) is 5.56 Å². The van der Waals surface area contributed by atoms with Crippen molar-refractivity contribution in [1.29, 1.82) is 0 Å². The molecule has 0 amide bonds. The molecule has 0 atom stereocenters. The number of H-pyrrole nitrogens is 1. The van der Waals surface area contributed by atoms with Crippen LogP contribution in [-0.4, -0.2) is 43.3 Å². The third kappa shape index (κ3) is 5.13. The fourth-order valence-corrected chi connectivity index (χ4v) is 3.90. The zero-order chi connectivity index (χ0) is 21.8. The van der Waals surface area contributed by atoms with Crippen molar-refractivity contribution in [3.63, 3.8) is 0 Å². The highest BCUT2D eigenvalue weighted by atomic mass is 32.2. The lowest BCUT2D eigenvalue weighted by Crippen LogP contribution is -2.09. The quantitative estimate of drug-likeness (QED) is 0.388.